The second-order valence-electron chi connectivity index (χ2n) is 6.21. The predicted octanol–water partition coefficient (Wildman–Crippen LogP) is 3.37. The minimum atomic E-state index is -4.40. The maximum absolute atomic E-state index is 12.7. The van der Waals surface area contributed by atoms with E-state index in [1.54, 1.807) is 36.1 Å². The molecule has 5 nitrogen and oxygen atoms in total. The first-order chi connectivity index (χ1) is 13.2. The first-order valence-corrected chi connectivity index (χ1v) is 8.62. The van der Waals surface area contributed by atoms with Gasteiger partial charge in [0.2, 0.25) is 5.91 Å². The lowest BCUT2D eigenvalue weighted by molar-refractivity contribution is -0.144. The van der Waals surface area contributed by atoms with E-state index in [2.05, 4.69) is 0 Å². The molecule has 8 heteroatoms. The van der Waals surface area contributed by atoms with Crippen molar-refractivity contribution >= 4 is 11.9 Å². The van der Waals surface area contributed by atoms with Gasteiger partial charge in [-0.2, -0.15) is 13.2 Å². The Labute approximate surface area is 160 Å². The summed E-state index contributed by atoms with van der Waals surface area (Å²) < 4.78 is 43.1. The fourth-order valence-electron chi connectivity index (χ4n) is 2.65. The van der Waals surface area contributed by atoms with E-state index in [4.69, 9.17) is 10.5 Å². The summed E-state index contributed by atoms with van der Waals surface area (Å²) in [4.78, 5) is 24.8. The van der Waals surface area contributed by atoms with Crippen molar-refractivity contribution in [2.75, 3.05) is 13.2 Å². The molecule has 0 aliphatic rings. The molecule has 1 amide bonds. The van der Waals surface area contributed by atoms with Gasteiger partial charge < -0.3 is 10.5 Å². The van der Waals surface area contributed by atoms with E-state index in [0.29, 0.717) is 17.7 Å². The van der Waals surface area contributed by atoms with E-state index in [9.17, 15) is 22.8 Å². The third kappa shape index (κ3) is 6.38. The van der Waals surface area contributed by atoms with Gasteiger partial charge in [0.15, 0.2) is 0 Å². The SMILES string of the molecule is CCOC(=O)CN(Cc1ccc(C(N)=O)cc1)Cc1ccc(C(F)(F)F)cc1. The molecule has 0 fully saturated rings. The standard InChI is InChI=1S/C20H21F3N2O3/c1-2-28-18(26)13-25(11-14-3-7-16(8-4-14)19(24)27)12-15-5-9-17(10-6-15)20(21,22)23/h3-10H,2,11-13H2,1H3,(H2,24,27). The molecular weight excluding hydrogens is 373 g/mol. The molecule has 0 aromatic heterocycles. The average Bonchev–Trinajstić information content (AvgIpc) is 2.62. The number of carbonyl (C=O) groups is 2. The molecule has 2 N–H and O–H groups in total. The molecule has 0 saturated carbocycles. The third-order valence-corrected chi connectivity index (χ3v) is 3.99. The summed E-state index contributed by atoms with van der Waals surface area (Å²) in [5.74, 6) is -0.970. The zero-order chi connectivity index (χ0) is 20.7. The van der Waals surface area contributed by atoms with Crippen LogP contribution in [0.1, 0.15) is 34.0 Å². The number of carbonyl (C=O) groups excluding carboxylic acids is 2. The van der Waals surface area contributed by atoms with E-state index in [1.165, 1.54) is 12.1 Å². The van der Waals surface area contributed by atoms with Gasteiger partial charge in [0, 0.05) is 18.7 Å². The first-order valence-electron chi connectivity index (χ1n) is 8.62. The van der Waals surface area contributed by atoms with Gasteiger partial charge in [-0.1, -0.05) is 24.3 Å². The van der Waals surface area contributed by atoms with Gasteiger partial charge in [-0.3, -0.25) is 14.5 Å². The van der Waals surface area contributed by atoms with Gasteiger partial charge in [0.05, 0.1) is 18.7 Å². The summed E-state index contributed by atoms with van der Waals surface area (Å²) in [7, 11) is 0. The van der Waals surface area contributed by atoms with Crippen LogP contribution in [0.5, 0.6) is 0 Å². The van der Waals surface area contributed by atoms with Crippen molar-refractivity contribution in [3.8, 4) is 0 Å². The van der Waals surface area contributed by atoms with E-state index in [-0.39, 0.29) is 19.7 Å². The number of alkyl halides is 3. The highest BCUT2D eigenvalue weighted by molar-refractivity contribution is 5.92. The lowest BCUT2D eigenvalue weighted by Gasteiger charge is -2.22. The Morgan fingerprint density at radius 1 is 0.964 bits per heavy atom. The Kier molecular flexibility index (Phi) is 7.17. The van der Waals surface area contributed by atoms with Crippen LogP contribution in [0.4, 0.5) is 13.2 Å². The van der Waals surface area contributed by atoms with Crippen molar-refractivity contribution in [3.63, 3.8) is 0 Å². The Morgan fingerprint density at radius 2 is 1.46 bits per heavy atom. The number of ether oxygens (including phenoxy) is 1. The van der Waals surface area contributed by atoms with Crippen LogP contribution in [0.25, 0.3) is 0 Å². The van der Waals surface area contributed by atoms with Crippen molar-refractivity contribution in [1.29, 1.82) is 0 Å². The summed E-state index contributed by atoms with van der Waals surface area (Å²) in [6.45, 7) is 2.51. The maximum Gasteiger partial charge on any atom is 0.416 e. The fourth-order valence-corrected chi connectivity index (χ4v) is 2.65. The number of primary amides is 1. The number of halogens is 3. The normalized spacial score (nSPS) is 11.5. The Hall–Kier alpha value is -2.87. The molecule has 150 valence electrons. The van der Waals surface area contributed by atoms with Crippen LogP contribution in [0.3, 0.4) is 0 Å². The molecule has 0 spiro atoms. The molecule has 0 heterocycles. The molecule has 0 radical (unpaired) electrons. The van der Waals surface area contributed by atoms with E-state index >= 15 is 0 Å². The van der Waals surface area contributed by atoms with Crippen molar-refractivity contribution < 1.29 is 27.5 Å². The second-order valence-corrected chi connectivity index (χ2v) is 6.21. The monoisotopic (exact) mass is 394 g/mol. The summed E-state index contributed by atoms with van der Waals surface area (Å²) in [5.41, 5.74) is 6.31. The summed E-state index contributed by atoms with van der Waals surface area (Å²) in [5, 5.41) is 0. The number of nitrogens with two attached hydrogens (primary N) is 1. The first kappa shape index (κ1) is 21.4. The fraction of sp³-hybridized carbons (Fsp3) is 0.300. The van der Waals surface area contributed by atoms with Crippen LogP contribution in [0.2, 0.25) is 0 Å². The van der Waals surface area contributed by atoms with Gasteiger partial charge in [0.25, 0.3) is 0 Å². The van der Waals surface area contributed by atoms with Crippen LogP contribution in [0.15, 0.2) is 48.5 Å². The van der Waals surface area contributed by atoms with Crippen molar-refractivity contribution in [2.24, 2.45) is 5.73 Å². The highest BCUT2D eigenvalue weighted by atomic mass is 19.4. The number of benzene rings is 2. The largest absolute Gasteiger partial charge is 0.465 e. The number of amides is 1. The van der Waals surface area contributed by atoms with Crippen LogP contribution in [-0.4, -0.2) is 29.9 Å². The van der Waals surface area contributed by atoms with Gasteiger partial charge in [-0.05, 0) is 42.3 Å². The highest BCUT2D eigenvalue weighted by Crippen LogP contribution is 2.29. The minimum Gasteiger partial charge on any atom is -0.465 e. The second kappa shape index (κ2) is 9.36. The van der Waals surface area contributed by atoms with Crippen molar-refractivity contribution in [1.82, 2.24) is 4.90 Å². The summed E-state index contributed by atoms with van der Waals surface area (Å²) in [6, 6.07) is 11.4. The maximum atomic E-state index is 12.7. The lowest BCUT2D eigenvalue weighted by Crippen LogP contribution is -2.30. The third-order valence-electron chi connectivity index (χ3n) is 3.99. The topological polar surface area (TPSA) is 72.6 Å². The number of rotatable bonds is 8. The summed E-state index contributed by atoms with van der Waals surface area (Å²) >= 11 is 0. The number of hydrogen-bond donors (Lipinski definition) is 1. The number of nitrogens with zero attached hydrogens (tertiary/aromatic N) is 1. The number of esters is 1. The molecule has 28 heavy (non-hydrogen) atoms. The Bertz CT molecular complexity index is 803. The van der Waals surface area contributed by atoms with Gasteiger partial charge in [-0.25, -0.2) is 0 Å². The molecule has 2 rings (SSSR count). The van der Waals surface area contributed by atoms with E-state index < -0.39 is 23.6 Å². The Balaban J connectivity index is 2.14. The highest BCUT2D eigenvalue weighted by Gasteiger charge is 2.30. The zero-order valence-electron chi connectivity index (χ0n) is 15.3. The molecule has 0 bridgehead atoms. The molecule has 0 saturated heterocycles. The zero-order valence-corrected chi connectivity index (χ0v) is 15.3. The molecular formula is C20H21F3N2O3. The smallest absolute Gasteiger partial charge is 0.416 e. The predicted molar refractivity (Wildman–Crippen MR) is 97.2 cm³/mol. The van der Waals surface area contributed by atoms with Crippen LogP contribution < -0.4 is 5.73 Å². The van der Waals surface area contributed by atoms with Gasteiger partial charge in [-0.15, -0.1) is 0 Å². The average molecular weight is 394 g/mol. The number of hydrogen-bond acceptors (Lipinski definition) is 4. The van der Waals surface area contributed by atoms with Crippen LogP contribution in [0, 0.1) is 0 Å². The molecule has 2 aromatic carbocycles. The van der Waals surface area contributed by atoms with Crippen LogP contribution in [-0.2, 0) is 28.8 Å². The molecule has 0 aliphatic heterocycles. The quantitative estimate of drug-likeness (QED) is 0.697. The molecule has 0 atom stereocenters. The van der Waals surface area contributed by atoms with Crippen LogP contribution >= 0.6 is 0 Å². The molecule has 2 aromatic rings. The van der Waals surface area contributed by atoms with E-state index in [0.717, 1.165) is 17.7 Å². The van der Waals surface area contributed by atoms with E-state index in [1.807, 2.05) is 0 Å². The van der Waals surface area contributed by atoms with Crippen molar-refractivity contribution in [3.05, 3.63) is 70.8 Å². The van der Waals surface area contributed by atoms with Crippen molar-refractivity contribution in [2.45, 2.75) is 26.2 Å². The lowest BCUT2D eigenvalue weighted by atomic mass is 10.1. The Morgan fingerprint density at radius 3 is 1.89 bits per heavy atom. The molecule has 0 unspecified atom stereocenters. The molecule has 0 aliphatic carbocycles. The van der Waals surface area contributed by atoms with Gasteiger partial charge in [0.1, 0.15) is 0 Å². The summed E-state index contributed by atoms with van der Waals surface area (Å²) in [6.07, 6.45) is -4.40. The van der Waals surface area contributed by atoms with Gasteiger partial charge >= 0.3 is 12.1 Å². The minimum absolute atomic E-state index is 0.0214.